The highest BCUT2D eigenvalue weighted by molar-refractivity contribution is 7.98. The molecule has 186 valence electrons. The van der Waals surface area contributed by atoms with Crippen LogP contribution in [-0.4, -0.2) is 59.0 Å². The molecule has 0 N–H and O–H groups in total. The van der Waals surface area contributed by atoms with Crippen LogP contribution in [0.4, 0.5) is 16.2 Å². The molecule has 4 amide bonds. The van der Waals surface area contributed by atoms with Crippen molar-refractivity contribution in [2.75, 3.05) is 31.3 Å². The molecule has 2 aromatic carbocycles. The Morgan fingerprint density at radius 3 is 2.44 bits per heavy atom. The van der Waals surface area contributed by atoms with E-state index in [2.05, 4.69) is 0 Å². The van der Waals surface area contributed by atoms with Gasteiger partial charge in [-0.15, -0.1) is 0 Å². The van der Waals surface area contributed by atoms with Gasteiger partial charge < -0.3 is 9.64 Å². The summed E-state index contributed by atoms with van der Waals surface area (Å²) in [6.45, 7) is 0.466. The number of amides is 4. The van der Waals surface area contributed by atoms with E-state index in [0.29, 0.717) is 46.0 Å². The maximum Gasteiger partial charge on any atom is 0.333 e. The fraction of sp³-hybridized carbons (Fsp3) is 0.208. The molecule has 0 aromatic heterocycles. The lowest BCUT2D eigenvalue weighted by molar-refractivity contribution is -0.385. The Hall–Kier alpha value is -3.83. The van der Waals surface area contributed by atoms with Crippen molar-refractivity contribution >= 4 is 52.6 Å². The largest absolute Gasteiger partial charge is 0.439 e. The number of nitro benzene ring substituents is 1. The lowest BCUT2D eigenvalue weighted by Crippen LogP contribution is -2.53. The Balaban J connectivity index is 1.54. The first kappa shape index (κ1) is 25.3. The van der Waals surface area contributed by atoms with Crippen LogP contribution < -0.4 is 9.64 Å². The summed E-state index contributed by atoms with van der Waals surface area (Å²) in [7, 11) is 2.61. The molecule has 1 fully saturated rings. The fourth-order valence-corrected chi connectivity index (χ4v) is 4.81. The molecular weight excluding hydrogens is 508 g/mol. The molecule has 4 rings (SSSR count). The molecule has 2 aromatic rings. The predicted molar refractivity (Wildman–Crippen MR) is 136 cm³/mol. The summed E-state index contributed by atoms with van der Waals surface area (Å²) in [6, 6.07) is 11.1. The monoisotopic (exact) mass is 528 g/mol. The van der Waals surface area contributed by atoms with Crippen molar-refractivity contribution in [3.05, 3.63) is 86.8 Å². The molecule has 2 heterocycles. The quantitative estimate of drug-likeness (QED) is 0.173. The highest BCUT2D eigenvalue weighted by Crippen LogP contribution is 2.41. The van der Waals surface area contributed by atoms with Crippen molar-refractivity contribution in [1.29, 1.82) is 0 Å². The van der Waals surface area contributed by atoms with Gasteiger partial charge in [-0.2, -0.15) is 11.8 Å². The SMILES string of the molecule is CN1C(=O)C(=CC=C2Oc3ccc(Cl)cc3N2CCSCc2ccccc2[N+](=O)[O-])C(=O)N(C)C1=O. The average Bonchev–Trinajstić information content (AvgIpc) is 3.20. The molecule has 0 saturated carbocycles. The van der Waals surface area contributed by atoms with E-state index in [9.17, 15) is 24.5 Å². The number of hydrogen-bond acceptors (Lipinski definition) is 8. The van der Waals surface area contributed by atoms with Gasteiger partial charge in [0.25, 0.3) is 17.5 Å². The number of nitro groups is 1. The zero-order valence-corrected chi connectivity index (χ0v) is 20.9. The van der Waals surface area contributed by atoms with E-state index >= 15 is 0 Å². The minimum absolute atomic E-state index is 0.0778. The number of rotatable bonds is 7. The van der Waals surface area contributed by atoms with Gasteiger partial charge in [-0.25, -0.2) is 4.79 Å². The maximum absolute atomic E-state index is 12.5. The number of carbonyl (C=O) groups is 3. The van der Waals surface area contributed by atoms with Crippen LogP contribution in [0, 0.1) is 10.1 Å². The van der Waals surface area contributed by atoms with E-state index in [1.54, 1.807) is 36.4 Å². The van der Waals surface area contributed by atoms with E-state index in [0.717, 1.165) is 9.80 Å². The van der Waals surface area contributed by atoms with Crippen LogP contribution in [0.3, 0.4) is 0 Å². The van der Waals surface area contributed by atoms with E-state index in [4.69, 9.17) is 16.3 Å². The van der Waals surface area contributed by atoms with E-state index in [1.165, 1.54) is 44.1 Å². The van der Waals surface area contributed by atoms with Gasteiger partial charge >= 0.3 is 6.03 Å². The number of ether oxygens (including phenoxy) is 1. The van der Waals surface area contributed by atoms with Gasteiger partial charge in [0.2, 0.25) is 5.88 Å². The second-order valence-corrected chi connectivity index (χ2v) is 9.44. The molecule has 2 aliphatic rings. The number of thioether (sulfide) groups is 1. The van der Waals surface area contributed by atoms with Gasteiger partial charge in [-0.05, 0) is 30.4 Å². The zero-order chi connectivity index (χ0) is 26.0. The van der Waals surface area contributed by atoms with Crippen LogP contribution in [-0.2, 0) is 15.3 Å². The Bertz CT molecular complexity index is 1300. The van der Waals surface area contributed by atoms with Crippen molar-refractivity contribution in [2.45, 2.75) is 5.75 Å². The topological polar surface area (TPSA) is 113 Å². The molecule has 0 radical (unpaired) electrons. The van der Waals surface area contributed by atoms with E-state index in [1.807, 2.05) is 4.90 Å². The Kier molecular flexibility index (Phi) is 7.32. The first-order valence-electron chi connectivity index (χ1n) is 10.8. The smallest absolute Gasteiger partial charge is 0.333 e. The van der Waals surface area contributed by atoms with Gasteiger partial charge in [0, 0.05) is 48.8 Å². The van der Waals surface area contributed by atoms with Gasteiger partial charge in [-0.3, -0.25) is 29.5 Å². The van der Waals surface area contributed by atoms with Crippen molar-refractivity contribution in [3.8, 4) is 5.75 Å². The summed E-state index contributed by atoms with van der Waals surface area (Å²) in [5.74, 6) is 0.558. The number of likely N-dealkylation sites (N-methyl/N-ethyl adjacent to an activating group) is 2. The number of carbonyl (C=O) groups excluding carboxylic acids is 3. The van der Waals surface area contributed by atoms with Crippen LogP contribution in [0.25, 0.3) is 0 Å². The molecule has 0 spiro atoms. The molecule has 0 unspecified atom stereocenters. The third-order valence-corrected chi connectivity index (χ3v) is 6.86. The molecule has 10 nitrogen and oxygen atoms in total. The standard InChI is InChI=1S/C24H21ClN4O6S/c1-26-22(30)17(23(31)27(2)24(26)32)8-10-21-28(19-13-16(25)7-9-20(19)35-21)11-12-36-14-15-5-3-4-6-18(15)29(33)34/h3-10,13H,11-12,14H2,1-2H3. The average molecular weight is 529 g/mol. The molecule has 0 atom stereocenters. The van der Waals surface area contributed by atoms with Crippen molar-refractivity contribution in [2.24, 2.45) is 0 Å². The van der Waals surface area contributed by atoms with Crippen LogP contribution >= 0.6 is 23.4 Å². The number of fused-ring (bicyclic) bond motifs is 1. The van der Waals surface area contributed by atoms with Crippen molar-refractivity contribution < 1.29 is 24.0 Å². The van der Waals surface area contributed by atoms with Crippen molar-refractivity contribution in [3.63, 3.8) is 0 Å². The molecule has 0 aliphatic carbocycles. The third kappa shape index (κ3) is 4.93. The van der Waals surface area contributed by atoms with Gasteiger partial charge in [0.15, 0.2) is 5.75 Å². The van der Waals surface area contributed by atoms with Gasteiger partial charge in [0.1, 0.15) is 5.57 Å². The Morgan fingerprint density at radius 1 is 1.06 bits per heavy atom. The van der Waals surface area contributed by atoms with Crippen LogP contribution in [0.5, 0.6) is 5.75 Å². The van der Waals surface area contributed by atoms with Crippen LogP contribution in [0.2, 0.25) is 5.02 Å². The second-order valence-electron chi connectivity index (χ2n) is 7.90. The van der Waals surface area contributed by atoms with Crippen LogP contribution in [0.1, 0.15) is 5.56 Å². The zero-order valence-electron chi connectivity index (χ0n) is 19.3. The minimum Gasteiger partial charge on any atom is -0.439 e. The molecule has 12 heteroatoms. The summed E-state index contributed by atoms with van der Waals surface area (Å²) in [6.07, 6.45) is 2.84. The number of imide groups is 2. The lowest BCUT2D eigenvalue weighted by atomic mass is 10.1. The number of nitrogens with zero attached hydrogens (tertiary/aromatic N) is 4. The highest BCUT2D eigenvalue weighted by Gasteiger charge is 2.37. The van der Waals surface area contributed by atoms with Crippen LogP contribution in [0.15, 0.2) is 66.1 Å². The number of anilines is 1. The van der Waals surface area contributed by atoms with E-state index < -0.39 is 22.8 Å². The summed E-state index contributed by atoms with van der Waals surface area (Å²) < 4.78 is 5.95. The third-order valence-electron chi connectivity index (χ3n) is 5.63. The first-order valence-corrected chi connectivity index (χ1v) is 12.3. The number of halogens is 1. The Morgan fingerprint density at radius 2 is 1.75 bits per heavy atom. The number of barbiturate groups is 1. The number of urea groups is 1. The molecule has 1 saturated heterocycles. The highest BCUT2D eigenvalue weighted by atomic mass is 35.5. The number of para-hydroxylation sites is 1. The normalized spacial score (nSPS) is 16.5. The predicted octanol–water partition coefficient (Wildman–Crippen LogP) is 4.20. The summed E-state index contributed by atoms with van der Waals surface area (Å²) >= 11 is 7.71. The molecule has 0 bridgehead atoms. The van der Waals surface area contributed by atoms with E-state index in [-0.39, 0.29) is 11.3 Å². The number of benzene rings is 2. The lowest BCUT2D eigenvalue weighted by Gasteiger charge is -2.28. The summed E-state index contributed by atoms with van der Waals surface area (Å²) in [4.78, 5) is 51.4. The molecular formula is C24H21ClN4O6S. The van der Waals surface area contributed by atoms with Gasteiger partial charge in [0.05, 0.1) is 10.6 Å². The van der Waals surface area contributed by atoms with Crippen molar-refractivity contribution in [1.82, 2.24) is 9.80 Å². The summed E-state index contributed by atoms with van der Waals surface area (Å²) in [5, 5.41) is 11.8. The number of allylic oxidation sites excluding steroid dienone is 2. The Labute approximate surface area is 215 Å². The fourth-order valence-electron chi connectivity index (χ4n) is 3.73. The maximum atomic E-state index is 12.5. The number of hydrogen-bond donors (Lipinski definition) is 0. The van der Waals surface area contributed by atoms with Gasteiger partial charge in [-0.1, -0.05) is 29.8 Å². The first-order chi connectivity index (χ1) is 17.2. The summed E-state index contributed by atoms with van der Waals surface area (Å²) in [5.41, 5.74) is 1.25. The molecule has 36 heavy (non-hydrogen) atoms. The second kappa shape index (κ2) is 10.4. The minimum atomic E-state index is -0.704. The molecule has 2 aliphatic heterocycles.